The molecule has 1 aliphatic heterocycles. The molecule has 4 aromatic rings. The number of anilines is 1. The normalized spacial score (nSPS) is 18.1. The molecule has 0 bridgehead atoms. The Kier molecular flexibility index (Phi) is 5.82. The number of hydrogen-bond donors (Lipinski definition) is 0. The van der Waals surface area contributed by atoms with Crippen molar-refractivity contribution in [3.63, 3.8) is 0 Å². The van der Waals surface area contributed by atoms with Gasteiger partial charge in [0.1, 0.15) is 5.66 Å². The van der Waals surface area contributed by atoms with Gasteiger partial charge in [-0.2, -0.15) is 0 Å². The zero-order valence-electron chi connectivity index (χ0n) is 18.1. The van der Waals surface area contributed by atoms with Crippen LogP contribution < -0.4 is 15.5 Å². The lowest BCUT2D eigenvalue weighted by atomic mass is 9.83. The van der Waals surface area contributed by atoms with Crippen molar-refractivity contribution in [3.8, 4) is 0 Å². The molecular formula is C28H23BrNO2P. The number of halogens is 1. The van der Waals surface area contributed by atoms with Crippen LogP contribution in [0.2, 0.25) is 0 Å². The molecule has 5 heteroatoms. The molecule has 0 unspecified atom stereocenters. The number of rotatable bonds is 4. The fourth-order valence-corrected chi connectivity index (χ4v) is 8.52. The number of carbonyl (C=O) groups is 1. The van der Waals surface area contributed by atoms with Crippen LogP contribution in [0.1, 0.15) is 17.0 Å². The molecular weight excluding hydrogens is 493 g/mol. The Morgan fingerprint density at radius 3 is 1.82 bits per heavy atom. The average Bonchev–Trinajstić information content (AvgIpc) is 2.87. The lowest BCUT2D eigenvalue weighted by Gasteiger charge is -2.41. The summed E-state index contributed by atoms with van der Waals surface area (Å²) in [6.07, 6.45) is 0. The molecule has 0 saturated heterocycles. The number of carbonyl (C=O) groups excluding carboxylic acids is 1. The Morgan fingerprint density at radius 2 is 1.24 bits per heavy atom. The van der Waals surface area contributed by atoms with E-state index in [9.17, 15) is 4.79 Å². The van der Waals surface area contributed by atoms with E-state index in [4.69, 9.17) is 0 Å². The summed E-state index contributed by atoms with van der Waals surface area (Å²) in [5.41, 5.74) is 2.09. The molecule has 4 aromatic carbocycles. The second kappa shape index (κ2) is 8.78. The first kappa shape index (κ1) is 21.9. The number of hydrogen-bond acceptors (Lipinski definition) is 2. The van der Waals surface area contributed by atoms with Crippen molar-refractivity contribution in [2.45, 2.75) is 11.6 Å². The third kappa shape index (κ3) is 3.68. The maximum absolute atomic E-state index is 15.3. The summed E-state index contributed by atoms with van der Waals surface area (Å²) < 4.78 is 16.3. The van der Waals surface area contributed by atoms with E-state index in [0.29, 0.717) is 10.6 Å². The van der Waals surface area contributed by atoms with Crippen molar-refractivity contribution in [2.75, 3.05) is 11.9 Å². The second-order valence-corrected chi connectivity index (χ2v) is 12.1. The van der Waals surface area contributed by atoms with E-state index in [0.717, 1.165) is 21.3 Å². The zero-order valence-corrected chi connectivity index (χ0v) is 20.6. The highest BCUT2D eigenvalue weighted by Crippen LogP contribution is 2.58. The number of nitrogens with zero attached hydrogens (tertiary/aromatic N) is 1. The lowest BCUT2D eigenvalue weighted by molar-refractivity contribution is -0.118. The van der Waals surface area contributed by atoms with E-state index in [1.54, 1.807) is 11.9 Å². The molecule has 0 N–H and O–H groups in total. The van der Waals surface area contributed by atoms with Crippen molar-refractivity contribution in [2.24, 2.45) is 0 Å². The molecule has 33 heavy (non-hydrogen) atoms. The van der Waals surface area contributed by atoms with Gasteiger partial charge in [0.05, 0.1) is 0 Å². The van der Waals surface area contributed by atoms with Gasteiger partial charge in [0.25, 0.3) is 0 Å². The maximum Gasteiger partial charge on any atom is 0.238 e. The fourth-order valence-electron chi connectivity index (χ4n) is 4.85. The smallest absolute Gasteiger partial charge is 0.238 e. The second-order valence-electron chi connectivity index (χ2n) is 8.26. The molecule has 164 valence electrons. The summed E-state index contributed by atoms with van der Waals surface area (Å²) in [5, 5.41) is 1.40. The highest BCUT2D eigenvalue weighted by Gasteiger charge is 2.51. The summed E-state index contributed by atoms with van der Waals surface area (Å²) in [4.78, 5) is 15.8. The van der Waals surface area contributed by atoms with Crippen molar-refractivity contribution in [1.29, 1.82) is 0 Å². The molecule has 0 fully saturated rings. The fraction of sp³-hybridized carbons (Fsp3) is 0.107. The van der Waals surface area contributed by atoms with Gasteiger partial charge in [-0.25, -0.2) is 0 Å². The van der Waals surface area contributed by atoms with E-state index < -0.39 is 12.8 Å². The van der Waals surface area contributed by atoms with Crippen LogP contribution in [0.25, 0.3) is 0 Å². The average molecular weight is 516 g/mol. The van der Waals surface area contributed by atoms with E-state index >= 15 is 4.57 Å². The summed E-state index contributed by atoms with van der Waals surface area (Å²) >= 11 is 3.52. The summed E-state index contributed by atoms with van der Waals surface area (Å²) in [7, 11) is -1.60. The highest BCUT2D eigenvalue weighted by atomic mass is 79.9. The molecule has 0 aromatic heterocycles. The molecule has 0 saturated carbocycles. The van der Waals surface area contributed by atoms with E-state index in [-0.39, 0.29) is 11.8 Å². The van der Waals surface area contributed by atoms with E-state index in [1.807, 2.05) is 103 Å². The van der Waals surface area contributed by atoms with Crippen LogP contribution in [0.3, 0.4) is 0 Å². The van der Waals surface area contributed by atoms with Crippen LogP contribution >= 0.6 is 23.1 Å². The summed E-state index contributed by atoms with van der Waals surface area (Å²) in [6, 6.07) is 34.9. The first-order valence-electron chi connectivity index (χ1n) is 10.8. The maximum atomic E-state index is 15.3. The molecule has 3 nitrogen and oxygen atoms in total. The number of fused-ring (bicyclic) bond motifs is 1. The number of amides is 1. The predicted molar refractivity (Wildman–Crippen MR) is 139 cm³/mol. The SMILES string of the molecule is CN1C(=O)[C@@H](P(=O)(c2ccccc2)c2ccccc2)[C@H](c2ccc(Br)cc2)c2ccccc21. The monoisotopic (exact) mass is 515 g/mol. The minimum absolute atomic E-state index is 0.127. The third-order valence-corrected chi connectivity index (χ3v) is 10.4. The first-order valence-corrected chi connectivity index (χ1v) is 13.4. The van der Waals surface area contributed by atoms with Gasteiger partial charge >= 0.3 is 0 Å². The van der Waals surface area contributed by atoms with Gasteiger partial charge in [0, 0.05) is 33.7 Å². The number of benzene rings is 4. The largest absolute Gasteiger partial charge is 0.315 e. The van der Waals surface area contributed by atoms with Crippen LogP contribution in [0.4, 0.5) is 5.69 Å². The molecule has 0 spiro atoms. The molecule has 0 radical (unpaired) electrons. The van der Waals surface area contributed by atoms with Crippen molar-refractivity contribution >= 4 is 45.3 Å². The zero-order chi connectivity index (χ0) is 23.0. The molecule has 0 aliphatic carbocycles. The highest BCUT2D eigenvalue weighted by molar-refractivity contribution is 9.10. The van der Waals surface area contributed by atoms with Gasteiger partial charge in [0.15, 0.2) is 7.14 Å². The van der Waals surface area contributed by atoms with Crippen LogP contribution in [0.5, 0.6) is 0 Å². The van der Waals surface area contributed by atoms with E-state index in [2.05, 4.69) is 22.0 Å². The van der Waals surface area contributed by atoms with Crippen LogP contribution in [0, 0.1) is 0 Å². The number of para-hydroxylation sites is 1. The Hall–Kier alpha value is -2.94. The Balaban J connectivity index is 1.83. The van der Waals surface area contributed by atoms with Gasteiger partial charge in [-0.3, -0.25) is 4.79 Å². The minimum atomic E-state index is -3.38. The van der Waals surface area contributed by atoms with Gasteiger partial charge < -0.3 is 9.46 Å². The molecule has 1 amide bonds. The summed E-state index contributed by atoms with van der Waals surface area (Å²) in [6.45, 7) is 0. The van der Waals surface area contributed by atoms with Crippen molar-refractivity contribution in [1.82, 2.24) is 0 Å². The standard InChI is InChI=1S/C28H23BrNO2P/c1-30-25-15-9-8-14-24(25)26(20-16-18-21(29)19-17-20)27(28(30)31)33(32,22-10-4-2-5-11-22)23-12-6-3-7-13-23/h2-19,26-27H,1H3/t26-,27+/m1/s1. The first-order chi connectivity index (χ1) is 16.0. The van der Waals surface area contributed by atoms with Crippen LogP contribution in [0.15, 0.2) is 114 Å². The topological polar surface area (TPSA) is 37.4 Å². The molecule has 1 aliphatic rings. The van der Waals surface area contributed by atoms with Gasteiger partial charge in [0.2, 0.25) is 5.91 Å². The van der Waals surface area contributed by atoms with Gasteiger partial charge in [-0.1, -0.05) is 107 Å². The Morgan fingerprint density at radius 1 is 0.727 bits per heavy atom. The van der Waals surface area contributed by atoms with Gasteiger partial charge in [-0.05, 0) is 29.3 Å². The van der Waals surface area contributed by atoms with Crippen LogP contribution in [-0.2, 0) is 9.36 Å². The van der Waals surface area contributed by atoms with Crippen molar-refractivity contribution < 1.29 is 9.36 Å². The Labute approximate surface area is 202 Å². The minimum Gasteiger partial charge on any atom is -0.315 e. The lowest BCUT2D eigenvalue weighted by Crippen LogP contribution is -2.48. The molecule has 5 rings (SSSR count). The predicted octanol–water partition coefficient (Wildman–Crippen LogP) is 5.94. The van der Waals surface area contributed by atoms with Crippen LogP contribution in [-0.4, -0.2) is 18.6 Å². The van der Waals surface area contributed by atoms with Gasteiger partial charge in [-0.15, -0.1) is 0 Å². The van der Waals surface area contributed by atoms with E-state index in [1.165, 1.54) is 0 Å². The van der Waals surface area contributed by atoms with Crippen molar-refractivity contribution in [3.05, 3.63) is 125 Å². The summed E-state index contributed by atoms with van der Waals surface area (Å²) in [5.74, 6) is -0.470. The Bertz CT molecular complexity index is 1300. The molecule has 1 heterocycles. The molecule has 2 atom stereocenters. The third-order valence-electron chi connectivity index (χ3n) is 6.43. The quantitative estimate of drug-likeness (QED) is 0.315.